The number of primary amides is 1. The van der Waals surface area contributed by atoms with Crippen LogP contribution < -0.4 is 5.73 Å². The molecule has 0 unspecified atom stereocenters. The van der Waals surface area contributed by atoms with Crippen molar-refractivity contribution < 1.29 is 9.21 Å². The number of hydrogen-bond donors (Lipinski definition) is 1. The predicted octanol–water partition coefficient (Wildman–Crippen LogP) is 1.61. The summed E-state index contributed by atoms with van der Waals surface area (Å²) < 4.78 is 5.36. The second kappa shape index (κ2) is 4.70. The van der Waals surface area contributed by atoms with Gasteiger partial charge in [0.05, 0.1) is 6.54 Å². The number of hydrogen-bond acceptors (Lipinski definition) is 3. The normalized spacial score (nSPS) is 18.8. The second-order valence-electron chi connectivity index (χ2n) is 4.59. The van der Waals surface area contributed by atoms with Crippen molar-refractivity contribution in [3.63, 3.8) is 0 Å². The van der Waals surface area contributed by atoms with Gasteiger partial charge in [0.15, 0.2) is 5.76 Å². The van der Waals surface area contributed by atoms with Gasteiger partial charge in [-0.2, -0.15) is 0 Å². The number of nitrogens with two attached hydrogens (primary N) is 1. The van der Waals surface area contributed by atoms with Gasteiger partial charge in [-0.15, -0.1) is 0 Å². The molecular formula is C12H18N2O2. The molecule has 88 valence electrons. The van der Waals surface area contributed by atoms with Gasteiger partial charge in [0, 0.05) is 0 Å². The molecule has 1 fully saturated rings. The van der Waals surface area contributed by atoms with Crippen LogP contribution in [0.1, 0.15) is 36.1 Å². The van der Waals surface area contributed by atoms with E-state index in [4.69, 9.17) is 10.2 Å². The highest BCUT2D eigenvalue weighted by atomic mass is 16.4. The number of likely N-dealkylation sites (tertiary alicyclic amines) is 1. The Labute approximate surface area is 95.4 Å². The van der Waals surface area contributed by atoms with Crippen molar-refractivity contribution in [2.75, 3.05) is 13.1 Å². The van der Waals surface area contributed by atoms with E-state index in [2.05, 4.69) is 11.8 Å². The van der Waals surface area contributed by atoms with Crippen LogP contribution >= 0.6 is 0 Å². The predicted molar refractivity (Wildman–Crippen MR) is 60.9 cm³/mol. The molecule has 2 heterocycles. The smallest absolute Gasteiger partial charge is 0.284 e. The first kappa shape index (κ1) is 11.2. The average Bonchev–Trinajstić information content (AvgIpc) is 2.70. The number of nitrogens with zero attached hydrogens (tertiary/aromatic N) is 1. The van der Waals surface area contributed by atoms with Gasteiger partial charge in [-0.3, -0.25) is 9.69 Å². The fourth-order valence-corrected chi connectivity index (χ4v) is 2.04. The fraction of sp³-hybridized carbons (Fsp3) is 0.583. The highest BCUT2D eigenvalue weighted by Crippen LogP contribution is 2.18. The first-order chi connectivity index (χ1) is 7.65. The molecule has 0 spiro atoms. The molecule has 0 atom stereocenters. The molecule has 1 aromatic rings. The molecule has 4 heteroatoms. The number of carbonyl (C=O) groups is 1. The van der Waals surface area contributed by atoms with E-state index in [0.29, 0.717) is 0 Å². The molecule has 1 aliphatic heterocycles. The molecule has 16 heavy (non-hydrogen) atoms. The molecule has 1 amide bonds. The first-order valence-corrected chi connectivity index (χ1v) is 5.76. The zero-order chi connectivity index (χ0) is 11.5. The fourth-order valence-electron chi connectivity index (χ4n) is 2.04. The minimum atomic E-state index is -0.501. The number of furan rings is 1. The molecule has 0 saturated carbocycles. The summed E-state index contributed by atoms with van der Waals surface area (Å²) in [7, 11) is 0. The summed E-state index contributed by atoms with van der Waals surface area (Å²) in [5.74, 6) is 1.40. The molecule has 0 aliphatic carbocycles. The Balaban J connectivity index is 1.91. The van der Waals surface area contributed by atoms with Crippen LogP contribution in [0.15, 0.2) is 16.5 Å². The van der Waals surface area contributed by atoms with Gasteiger partial charge >= 0.3 is 0 Å². The van der Waals surface area contributed by atoms with E-state index in [0.717, 1.165) is 31.3 Å². The lowest BCUT2D eigenvalue weighted by Crippen LogP contribution is -2.32. The van der Waals surface area contributed by atoms with Crippen molar-refractivity contribution in [1.29, 1.82) is 0 Å². The molecule has 1 aliphatic rings. The van der Waals surface area contributed by atoms with Crippen molar-refractivity contribution in [2.45, 2.75) is 26.3 Å². The lowest BCUT2D eigenvalue weighted by molar-refractivity contribution is 0.0968. The summed E-state index contributed by atoms with van der Waals surface area (Å²) in [6.45, 7) is 5.27. The molecule has 0 bridgehead atoms. The van der Waals surface area contributed by atoms with Crippen LogP contribution in [0.4, 0.5) is 0 Å². The molecule has 1 saturated heterocycles. The molecule has 4 nitrogen and oxygen atoms in total. The third-order valence-corrected chi connectivity index (χ3v) is 3.16. The largest absolute Gasteiger partial charge is 0.455 e. The third kappa shape index (κ3) is 2.64. The van der Waals surface area contributed by atoms with Gasteiger partial charge in [0.25, 0.3) is 5.91 Å². The van der Waals surface area contributed by atoms with E-state index in [1.807, 2.05) is 6.07 Å². The summed E-state index contributed by atoms with van der Waals surface area (Å²) in [5.41, 5.74) is 5.13. The maximum Gasteiger partial charge on any atom is 0.284 e. The van der Waals surface area contributed by atoms with Crippen molar-refractivity contribution in [3.8, 4) is 0 Å². The molecule has 2 rings (SSSR count). The zero-order valence-corrected chi connectivity index (χ0v) is 9.61. The highest BCUT2D eigenvalue weighted by Gasteiger charge is 2.17. The molecule has 0 radical (unpaired) electrons. The Morgan fingerprint density at radius 3 is 2.75 bits per heavy atom. The van der Waals surface area contributed by atoms with Crippen LogP contribution in [-0.4, -0.2) is 23.9 Å². The standard InChI is InChI=1S/C12H18N2O2/c1-9-4-6-14(7-5-9)8-10-2-3-11(16-10)12(13)15/h2-3,9H,4-8H2,1H3,(H2,13,15). The number of carbonyl (C=O) groups excluding carboxylic acids is 1. The van der Waals surface area contributed by atoms with E-state index in [1.165, 1.54) is 12.8 Å². The Kier molecular flexibility index (Phi) is 3.29. The lowest BCUT2D eigenvalue weighted by atomic mass is 9.99. The summed E-state index contributed by atoms with van der Waals surface area (Å²) in [5, 5.41) is 0. The summed E-state index contributed by atoms with van der Waals surface area (Å²) >= 11 is 0. The van der Waals surface area contributed by atoms with Crippen LogP contribution in [0.25, 0.3) is 0 Å². The number of rotatable bonds is 3. The van der Waals surface area contributed by atoms with E-state index in [1.54, 1.807) is 6.07 Å². The summed E-state index contributed by atoms with van der Waals surface area (Å²) in [6, 6.07) is 3.47. The molecule has 1 aromatic heterocycles. The Morgan fingerprint density at radius 1 is 1.50 bits per heavy atom. The zero-order valence-electron chi connectivity index (χ0n) is 9.61. The minimum absolute atomic E-state index is 0.250. The van der Waals surface area contributed by atoms with Crippen molar-refractivity contribution in [1.82, 2.24) is 4.90 Å². The van der Waals surface area contributed by atoms with Crippen LogP contribution in [0.3, 0.4) is 0 Å². The third-order valence-electron chi connectivity index (χ3n) is 3.16. The van der Waals surface area contributed by atoms with Crippen LogP contribution in [0.2, 0.25) is 0 Å². The van der Waals surface area contributed by atoms with Gasteiger partial charge in [-0.25, -0.2) is 0 Å². The summed E-state index contributed by atoms with van der Waals surface area (Å²) in [4.78, 5) is 13.2. The molecular weight excluding hydrogens is 204 g/mol. The van der Waals surface area contributed by atoms with Crippen molar-refractivity contribution >= 4 is 5.91 Å². The van der Waals surface area contributed by atoms with Gasteiger partial charge in [-0.05, 0) is 44.0 Å². The molecule has 2 N–H and O–H groups in total. The Hall–Kier alpha value is -1.29. The van der Waals surface area contributed by atoms with E-state index in [-0.39, 0.29) is 5.76 Å². The second-order valence-corrected chi connectivity index (χ2v) is 4.59. The van der Waals surface area contributed by atoms with Gasteiger partial charge in [0.2, 0.25) is 0 Å². The van der Waals surface area contributed by atoms with E-state index < -0.39 is 5.91 Å². The van der Waals surface area contributed by atoms with E-state index >= 15 is 0 Å². The molecule has 0 aromatic carbocycles. The maximum absolute atomic E-state index is 10.9. The number of piperidine rings is 1. The van der Waals surface area contributed by atoms with Crippen LogP contribution in [0.5, 0.6) is 0 Å². The first-order valence-electron chi connectivity index (χ1n) is 5.76. The highest BCUT2D eigenvalue weighted by molar-refractivity contribution is 5.89. The SMILES string of the molecule is CC1CCN(Cc2ccc(C(N)=O)o2)CC1. The van der Waals surface area contributed by atoms with Crippen LogP contribution in [0, 0.1) is 5.92 Å². The number of amides is 1. The quantitative estimate of drug-likeness (QED) is 0.845. The maximum atomic E-state index is 10.9. The van der Waals surface area contributed by atoms with Crippen molar-refractivity contribution in [3.05, 3.63) is 23.7 Å². The van der Waals surface area contributed by atoms with Crippen LogP contribution in [-0.2, 0) is 6.54 Å². The van der Waals surface area contributed by atoms with Gasteiger partial charge in [0.1, 0.15) is 5.76 Å². The van der Waals surface area contributed by atoms with Gasteiger partial charge in [-0.1, -0.05) is 6.92 Å². The van der Waals surface area contributed by atoms with Crippen molar-refractivity contribution in [2.24, 2.45) is 11.7 Å². The Morgan fingerprint density at radius 2 is 2.19 bits per heavy atom. The monoisotopic (exact) mass is 222 g/mol. The topological polar surface area (TPSA) is 59.5 Å². The Bertz CT molecular complexity index is 365. The summed E-state index contributed by atoms with van der Waals surface area (Å²) in [6.07, 6.45) is 2.48. The van der Waals surface area contributed by atoms with Gasteiger partial charge < -0.3 is 10.2 Å². The minimum Gasteiger partial charge on any atom is -0.455 e. The van der Waals surface area contributed by atoms with E-state index in [9.17, 15) is 4.79 Å². The lowest BCUT2D eigenvalue weighted by Gasteiger charge is -2.29. The average molecular weight is 222 g/mol.